The lowest BCUT2D eigenvalue weighted by Crippen LogP contribution is -2.38. The van der Waals surface area contributed by atoms with E-state index in [2.05, 4.69) is 20.3 Å². The number of thioether (sulfide) groups is 1. The first kappa shape index (κ1) is 22.1. The van der Waals surface area contributed by atoms with Crippen molar-refractivity contribution in [1.29, 1.82) is 0 Å². The van der Waals surface area contributed by atoms with E-state index < -0.39 is 22.5 Å². The molecule has 4 rings (SSSR count). The second kappa shape index (κ2) is 9.15. The number of sulfonamides is 1. The van der Waals surface area contributed by atoms with E-state index in [1.165, 1.54) is 23.9 Å². The number of carbonyl (C=O) groups excluding carboxylic acids is 2. The van der Waals surface area contributed by atoms with Crippen LogP contribution in [0.15, 0.2) is 71.0 Å². The van der Waals surface area contributed by atoms with Crippen molar-refractivity contribution in [2.24, 2.45) is 0 Å². The molecular weight excluding hydrogens is 450 g/mol. The van der Waals surface area contributed by atoms with E-state index in [1.807, 2.05) is 42.0 Å². The highest BCUT2D eigenvalue weighted by molar-refractivity contribution is 8.00. The van der Waals surface area contributed by atoms with Crippen LogP contribution in [0.25, 0.3) is 5.69 Å². The average Bonchev–Trinajstić information content (AvgIpc) is 3.32. The van der Waals surface area contributed by atoms with E-state index in [4.69, 9.17) is 0 Å². The first-order valence-electron chi connectivity index (χ1n) is 9.76. The van der Waals surface area contributed by atoms with Crippen LogP contribution < -0.4 is 15.4 Å². The molecule has 2 amide bonds. The summed E-state index contributed by atoms with van der Waals surface area (Å²) < 4.78 is 29.4. The summed E-state index contributed by atoms with van der Waals surface area (Å²) in [6, 6.07) is 11.8. The maximum absolute atomic E-state index is 12.6. The molecule has 1 aliphatic rings. The fourth-order valence-corrected chi connectivity index (χ4v) is 4.99. The number of carbonyl (C=O) groups is 2. The van der Waals surface area contributed by atoms with Crippen molar-refractivity contribution in [3.63, 3.8) is 0 Å². The lowest BCUT2D eigenvalue weighted by Gasteiger charge is -2.18. The van der Waals surface area contributed by atoms with Crippen LogP contribution in [-0.4, -0.2) is 42.1 Å². The van der Waals surface area contributed by atoms with Crippen LogP contribution in [0.5, 0.6) is 0 Å². The SMILES string of the molecule is C[C@@H](NC(=O)CNS(=O)(=O)c1ccc2c(c1)NC(=O)CS2)c1ccc(-n2ccnc2)cc1. The number of hydrogen-bond acceptors (Lipinski definition) is 6. The van der Waals surface area contributed by atoms with Crippen molar-refractivity contribution >= 4 is 39.3 Å². The minimum absolute atomic E-state index is 0.0185. The number of imidazole rings is 1. The van der Waals surface area contributed by atoms with Crippen molar-refractivity contribution in [2.45, 2.75) is 22.8 Å². The van der Waals surface area contributed by atoms with E-state index in [0.717, 1.165) is 16.1 Å². The van der Waals surface area contributed by atoms with Gasteiger partial charge >= 0.3 is 0 Å². The summed E-state index contributed by atoms with van der Waals surface area (Å²) in [7, 11) is -3.92. The predicted molar refractivity (Wildman–Crippen MR) is 121 cm³/mol. The van der Waals surface area contributed by atoms with Gasteiger partial charge in [0.15, 0.2) is 0 Å². The lowest BCUT2D eigenvalue weighted by molar-refractivity contribution is -0.120. The number of aromatic nitrogens is 2. The van der Waals surface area contributed by atoms with Crippen LogP contribution in [0.3, 0.4) is 0 Å². The van der Waals surface area contributed by atoms with Crippen molar-refractivity contribution in [3.8, 4) is 5.69 Å². The third kappa shape index (κ3) is 5.01. The molecule has 0 saturated heterocycles. The summed E-state index contributed by atoms with van der Waals surface area (Å²) >= 11 is 1.34. The molecule has 0 saturated carbocycles. The molecule has 166 valence electrons. The second-order valence-corrected chi connectivity index (χ2v) is 9.95. The molecule has 1 atom stereocenters. The van der Waals surface area contributed by atoms with Gasteiger partial charge in [-0.15, -0.1) is 11.8 Å². The summed E-state index contributed by atoms with van der Waals surface area (Å²) in [6.45, 7) is 1.42. The molecule has 0 fully saturated rings. The monoisotopic (exact) mass is 471 g/mol. The Kier molecular flexibility index (Phi) is 6.31. The van der Waals surface area contributed by atoms with Crippen LogP contribution in [0.1, 0.15) is 18.5 Å². The third-order valence-electron chi connectivity index (χ3n) is 4.89. The van der Waals surface area contributed by atoms with Crippen molar-refractivity contribution in [2.75, 3.05) is 17.6 Å². The van der Waals surface area contributed by atoms with E-state index in [9.17, 15) is 18.0 Å². The topological polar surface area (TPSA) is 122 Å². The van der Waals surface area contributed by atoms with Gasteiger partial charge < -0.3 is 15.2 Å². The van der Waals surface area contributed by atoms with Crippen molar-refractivity contribution in [1.82, 2.24) is 19.6 Å². The number of rotatable bonds is 7. The summed E-state index contributed by atoms with van der Waals surface area (Å²) in [5, 5.41) is 5.44. The molecule has 0 aliphatic carbocycles. The Labute approximate surface area is 189 Å². The Morgan fingerprint density at radius 1 is 1.25 bits per heavy atom. The molecule has 0 unspecified atom stereocenters. The van der Waals surface area contributed by atoms with Gasteiger partial charge in [-0.3, -0.25) is 9.59 Å². The summed E-state index contributed by atoms with van der Waals surface area (Å²) in [4.78, 5) is 28.7. The molecule has 1 aromatic heterocycles. The van der Waals surface area contributed by atoms with Crippen LogP contribution >= 0.6 is 11.8 Å². The summed E-state index contributed by atoms with van der Waals surface area (Å²) in [5.74, 6) is -0.347. The maximum Gasteiger partial charge on any atom is 0.241 e. The Morgan fingerprint density at radius 3 is 2.75 bits per heavy atom. The normalized spacial score (nSPS) is 14.3. The Morgan fingerprint density at radius 2 is 2.03 bits per heavy atom. The van der Waals surface area contributed by atoms with E-state index in [0.29, 0.717) is 11.4 Å². The molecule has 3 aromatic rings. The minimum atomic E-state index is -3.92. The zero-order chi connectivity index (χ0) is 22.7. The van der Waals surface area contributed by atoms with E-state index in [1.54, 1.807) is 18.6 Å². The highest BCUT2D eigenvalue weighted by Crippen LogP contribution is 2.33. The molecule has 1 aliphatic heterocycles. The zero-order valence-electron chi connectivity index (χ0n) is 17.1. The Bertz CT molecular complexity index is 1240. The highest BCUT2D eigenvalue weighted by Gasteiger charge is 2.21. The minimum Gasteiger partial charge on any atom is -0.348 e. The second-order valence-electron chi connectivity index (χ2n) is 7.17. The molecule has 9 nitrogen and oxygen atoms in total. The number of nitrogens with one attached hydrogen (secondary N) is 3. The number of hydrogen-bond donors (Lipinski definition) is 3. The first-order valence-corrected chi connectivity index (χ1v) is 12.2. The van der Waals surface area contributed by atoms with Crippen LogP contribution in [0, 0.1) is 0 Å². The summed E-state index contributed by atoms with van der Waals surface area (Å²) in [5.41, 5.74) is 2.27. The van der Waals surface area contributed by atoms with Gasteiger partial charge in [-0.2, -0.15) is 0 Å². The molecule has 0 spiro atoms. The number of amides is 2. The average molecular weight is 472 g/mol. The molecule has 32 heavy (non-hydrogen) atoms. The highest BCUT2D eigenvalue weighted by atomic mass is 32.2. The fourth-order valence-electron chi connectivity index (χ4n) is 3.20. The molecular formula is C21H21N5O4S2. The largest absolute Gasteiger partial charge is 0.348 e. The van der Waals surface area contributed by atoms with E-state index >= 15 is 0 Å². The number of benzene rings is 2. The third-order valence-corrected chi connectivity index (χ3v) is 7.36. The first-order chi connectivity index (χ1) is 15.3. The van der Waals surface area contributed by atoms with Crippen LogP contribution in [0.4, 0.5) is 5.69 Å². The van der Waals surface area contributed by atoms with Crippen LogP contribution in [-0.2, 0) is 19.6 Å². The fraction of sp³-hybridized carbons (Fsp3) is 0.190. The number of nitrogens with zero attached hydrogens (tertiary/aromatic N) is 2. The van der Waals surface area contributed by atoms with Gasteiger partial charge in [-0.25, -0.2) is 18.1 Å². The molecule has 2 aromatic carbocycles. The summed E-state index contributed by atoms with van der Waals surface area (Å²) in [6.07, 6.45) is 5.22. The van der Waals surface area contributed by atoms with Gasteiger partial charge in [-0.1, -0.05) is 12.1 Å². The van der Waals surface area contributed by atoms with Crippen molar-refractivity contribution in [3.05, 3.63) is 66.7 Å². The predicted octanol–water partition coefficient (Wildman–Crippen LogP) is 2.07. The quantitative estimate of drug-likeness (QED) is 0.485. The maximum atomic E-state index is 12.6. The number of anilines is 1. The molecule has 0 radical (unpaired) electrons. The Balaban J connectivity index is 1.35. The number of fused-ring (bicyclic) bond motifs is 1. The van der Waals surface area contributed by atoms with Gasteiger partial charge in [0.05, 0.1) is 35.2 Å². The van der Waals surface area contributed by atoms with Gasteiger partial charge in [0.2, 0.25) is 21.8 Å². The van der Waals surface area contributed by atoms with Crippen LogP contribution in [0.2, 0.25) is 0 Å². The smallest absolute Gasteiger partial charge is 0.241 e. The zero-order valence-corrected chi connectivity index (χ0v) is 18.7. The van der Waals surface area contributed by atoms with Crippen molar-refractivity contribution < 1.29 is 18.0 Å². The van der Waals surface area contributed by atoms with Gasteiger partial charge in [0.1, 0.15) is 0 Å². The molecule has 2 heterocycles. The van der Waals surface area contributed by atoms with E-state index in [-0.39, 0.29) is 16.8 Å². The Hall–Kier alpha value is -3.15. The van der Waals surface area contributed by atoms with Gasteiger partial charge in [-0.05, 0) is 42.8 Å². The molecule has 3 N–H and O–H groups in total. The molecule has 0 bridgehead atoms. The van der Waals surface area contributed by atoms with Gasteiger partial charge in [0, 0.05) is 23.0 Å². The molecule has 11 heteroatoms. The van der Waals surface area contributed by atoms with Gasteiger partial charge in [0.25, 0.3) is 0 Å². The standard InChI is InChI=1S/C21H21N5O4S2/c1-14(15-2-4-16(5-3-15)26-9-8-22-13-26)24-20(27)11-23-32(29,30)17-6-7-19-18(10-17)25-21(28)12-31-19/h2-10,13-14,23H,11-12H2,1H3,(H,24,27)(H,25,28)/t14-/m1/s1. The lowest BCUT2D eigenvalue weighted by atomic mass is 10.1.